The van der Waals surface area contributed by atoms with E-state index in [0.29, 0.717) is 11.0 Å². The van der Waals surface area contributed by atoms with Gasteiger partial charge in [-0.25, -0.2) is 4.98 Å². The standard InChI is InChI=1S/C12H19ClN4O/c1-3-14-12-15-7-10(13)11(16-12)17-6-4-5-9(8-17)18-2/h7,9H,3-6,8H2,1-2H3,(H,14,15,16). The van der Waals surface area contributed by atoms with Gasteiger partial charge in [0, 0.05) is 26.7 Å². The second-order valence-electron chi connectivity index (χ2n) is 4.34. The minimum atomic E-state index is 0.257. The Bertz CT molecular complexity index is 402. The highest BCUT2D eigenvalue weighted by atomic mass is 35.5. The van der Waals surface area contributed by atoms with Gasteiger partial charge in [0.05, 0.1) is 12.3 Å². The quantitative estimate of drug-likeness (QED) is 0.909. The van der Waals surface area contributed by atoms with E-state index in [1.54, 1.807) is 13.3 Å². The molecule has 1 unspecified atom stereocenters. The number of hydrogen-bond donors (Lipinski definition) is 1. The van der Waals surface area contributed by atoms with Gasteiger partial charge >= 0.3 is 0 Å². The van der Waals surface area contributed by atoms with Gasteiger partial charge in [0.15, 0.2) is 5.82 Å². The molecule has 1 N–H and O–H groups in total. The maximum atomic E-state index is 6.19. The molecule has 0 amide bonds. The third kappa shape index (κ3) is 3.03. The zero-order valence-corrected chi connectivity index (χ0v) is 11.6. The van der Waals surface area contributed by atoms with Crippen LogP contribution in [0.2, 0.25) is 5.02 Å². The van der Waals surface area contributed by atoms with Crippen molar-refractivity contribution in [2.45, 2.75) is 25.9 Å². The predicted molar refractivity (Wildman–Crippen MR) is 73.4 cm³/mol. The first-order valence-electron chi connectivity index (χ1n) is 6.28. The van der Waals surface area contributed by atoms with E-state index < -0.39 is 0 Å². The largest absolute Gasteiger partial charge is 0.380 e. The van der Waals surface area contributed by atoms with Gasteiger partial charge in [-0.2, -0.15) is 4.98 Å². The van der Waals surface area contributed by atoms with Gasteiger partial charge in [-0.1, -0.05) is 11.6 Å². The zero-order valence-electron chi connectivity index (χ0n) is 10.8. The maximum Gasteiger partial charge on any atom is 0.224 e. The smallest absolute Gasteiger partial charge is 0.224 e. The molecule has 5 nitrogen and oxygen atoms in total. The molecule has 1 aliphatic heterocycles. The summed E-state index contributed by atoms with van der Waals surface area (Å²) in [4.78, 5) is 10.8. The SMILES string of the molecule is CCNc1ncc(Cl)c(N2CCCC(OC)C2)n1. The summed E-state index contributed by atoms with van der Waals surface area (Å²) >= 11 is 6.19. The van der Waals surface area contributed by atoms with Gasteiger partial charge in [-0.05, 0) is 19.8 Å². The molecule has 1 atom stereocenters. The average Bonchev–Trinajstić information content (AvgIpc) is 2.41. The number of nitrogens with zero attached hydrogens (tertiary/aromatic N) is 3. The Hall–Kier alpha value is -1.07. The molecule has 0 aliphatic carbocycles. The van der Waals surface area contributed by atoms with E-state index in [4.69, 9.17) is 16.3 Å². The molecule has 2 rings (SSSR count). The van der Waals surface area contributed by atoms with Gasteiger partial charge in [0.2, 0.25) is 5.95 Å². The van der Waals surface area contributed by atoms with E-state index in [1.807, 2.05) is 6.92 Å². The van der Waals surface area contributed by atoms with Crippen molar-refractivity contribution in [3.8, 4) is 0 Å². The van der Waals surface area contributed by atoms with Crippen LogP contribution in [0.15, 0.2) is 6.20 Å². The first-order chi connectivity index (χ1) is 8.74. The van der Waals surface area contributed by atoms with E-state index in [2.05, 4.69) is 20.2 Å². The fourth-order valence-electron chi connectivity index (χ4n) is 2.15. The van der Waals surface area contributed by atoms with Crippen molar-refractivity contribution >= 4 is 23.4 Å². The number of rotatable bonds is 4. The van der Waals surface area contributed by atoms with E-state index in [1.165, 1.54) is 0 Å². The summed E-state index contributed by atoms with van der Waals surface area (Å²) in [5, 5.41) is 3.69. The third-order valence-electron chi connectivity index (χ3n) is 3.07. The molecular formula is C12H19ClN4O. The fourth-order valence-corrected chi connectivity index (χ4v) is 2.36. The molecule has 1 aromatic heterocycles. The highest BCUT2D eigenvalue weighted by Gasteiger charge is 2.22. The lowest BCUT2D eigenvalue weighted by atomic mass is 10.1. The van der Waals surface area contributed by atoms with Crippen molar-refractivity contribution in [1.29, 1.82) is 0 Å². The predicted octanol–water partition coefficient (Wildman–Crippen LogP) is 2.18. The van der Waals surface area contributed by atoms with Crippen LogP contribution >= 0.6 is 11.6 Å². The van der Waals surface area contributed by atoms with Crippen LogP contribution in [0, 0.1) is 0 Å². The van der Waals surface area contributed by atoms with Crippen molar-refractivity contribution in [3.05, 3.63) is 11.2 Å². The van der Waals surface area contributed by atoms with Crippen molar-refractivity contribution < 1.29 is 4.74 Å². The molecule has 0 spiro atoms. The van der Waals surface area contributed by atoms with E-state index in [0.717, 1.165) is 38.3 Å². The highest BCUT2D eigenvalue weighted by Crippen LogP contribution is 2.27. The van der Waals surface area contributed by atoms with Gasteiger partial charge in [0.25, 0.3) is 0 Å². The zero-order chi connectivity index (χ0) is 13.0. The fraction of sp³-hybridized carbons (Fsp3) is 0.667. The summed E-state index contributed by atoms with van der Waals surface area (Å²) in [7, 11) is 1.75. The number of piperidine rings is 1. The lowest BCUT2D eigenvalue weighted by molar-refractivity contribution is 0.0891. The lowest BCUT2D eigenvalue weighted by Gasteiger charge is -2.33. The molecule has 1 aromatic rings. The maximum absolute atomic E-state index is 6.19. The molecule has 0 aromatic carbocycles. The number of nitrogens with one attached hydrogen (secondary N) is 1. The van der Waals surface area contributed by atoms with Gasteiger partial charge in [-0.15, -0.1) is 0 Å². The number of hydrogen-bond acceptors (Lipinski definition) is 5. The second kappa shape index (κ2) is 6.20. The highest BCUT2D eigenvalue weighted by molar-refractivity contribution is 6.32. The van der Waals surface area contributed by atoms with Crippen LogP contribution in [0.25, 0.3) is 0 Å². The summed E-state index contributed by atoms with van der Waals surface area (Å²) in [5.74, 6) is 1.42. The van der Waals surface area contributed by atoms with Crippen LogP contribution in [-0.2, 0) is 4.74 Å². The summed E-state index contributed by atoms with van der Waals surface area (Å²) in [6.07, 6.45) is 4.09. The van der Waals surface area contributed by atoms with Crippen LogP contribution in [0.4, 0.5) is 11.8 Å². The summed E-state index contributed by atoms with van der Waals surface area (Å²) in [6.45, 7) is 4.60. The van der Waals surface area contributed by atoms with E-state index in [-0.39, 0.29) is 6.10 Å². The molecule has 0 saturated carbocycles. The summed E-state index contributed by atoms with van der Waals surface area (Å²) in [6, 6.07) is 0. The Kier molecular flexibility index (Phi) is 4.60. The number of aromatic nitrogens is 2. The van der Waals surface area contributed by atoms with Gasteiger partial charge in [-0.3, -0.25) is 0 Å². The van der Waals surface area contributed by atoms with Crippen LogP contribution in [0.5, 0.6) is 0 Å². The second-order valence-corrected chi connectivity index (χ2v) is 4.75. The number of methoxy groups -OCH3 is 1. The molecule has 2 heterocycles. The normalized spacial score (nSPS) is 19.9. The lowest BCUT2D eigenvalue weighted by Crippen LogP contribution is -2.40. The van der Waals surface area contributed by atoms with Crippen LogP contribution < -0.4 is 10.2 Å². The topological polar surface area (TPSA) is 50.3 Å². The molecular weight excluding hydrogens is 252 g/mol. The van der Waals surface area contributed by atoms with E-state index >= 15 is 0 Å². The number of halogens is 1. The monoisotopic (exact) mass is 270 g/mol. The molecule has 1 aliphatic rings. The average molecular weight is 271 g/mol. The Labute approximate surface area is 113 Å². The number of ether oxygens (including phenoxy) is 1. The molecule has 100 valence electrons. The van der Waals surface area contributed by atoms with Crippen LogP contribution in [-0.4, -0.2) is 42.8 Å². The van der Waals surface area contributed by atoms with Crippen molar-refractivity contribution in [3.63, 3.8) is 0 Å². The third-order valence-corrected chi connectivity index (χ3v) is 3.34. The van der Waals surface area contributed by atoms with Gasteiger partial charge in [0.1, 0.15) is 5.02 Å². The van der Waals surface area contributed by atoms with Crippen LogP contribution in [0.1, 0.15) is 19.8 Å². The summed E-state index contributed by atoms with van der Waals surface area (Å²) in [5.41, 5.74) is 0. The van der Waals surface area contributed by atoms with Crippen LogP contribution in [0.3, 0.4) is 0 Å². The van der Waals surface area contributed by atoms with Crippen molar-refractivity contribution in [1.82, 2.24) is 9.97 Å². The molecule has 0 radical (unpaired) electrons. The Morgan fingerprint density at radius 2 is 2.44 bits per heavy atom. The Balaban J connectivity index is 2.17. The Morgan fingerprint density at radius 1 is 1.61 bits per heavy atom. The minimum absolute atomic E-state index is 0.257. The first-order valence-corrected chi connectivity index (χ1v) is 6.66. The molecule has 1 fully saturated rings. The molecule has 6 heteroatoms. The number of anilines is 2. The van der Waals surface area contributed by atoms with Gasteiger partial charge < -0.3 is 15.0 Å². The molecule has 18 heavy (non-hydrogen) atoms. The minimum Gasteiger partial charge on any atom is -0.380 e. The molecule has 1 saturated heterocycles. The molecule has 0 bridgehead atoms. The summed E-state index contributed by atoms with van der Waals surface area (Å²) < 4.78 is 5.42. The Morgan fingerprint density at radius 3 is 3.17 bits per heavy atom. The van der Waals surface area contributed by atoms with E-state index in [9.17, 15) is 0 Å². The van der Waals surface area contributed by atoms with Crippen molar-refractivity contribution in [2.75, 3.05) is 37.0 Å². The first kappa shape index (κ1) is 13.4. The van der Waals surface area contributed by atoms with Crippen molar-refractivity contribution in [2.24, 2.45) is 0 Å².